The Morgan fingerprint density at radius 1 is 1.29 bits per heavy atom. The van der Waals surface area contributed by atoms with Crippen LogP contribution in [0.15, 0.2) is 0 Å². The van der Waals surface area contributed by atoms with Gasteiger partial charge in [-0.1, -0.05) is 20.8 Å². The first-order chi connectivity index (χ1) is 9.62. The highest BCUT2D eigenvalue weighted by molar-refractivity contribution is 6.74. The summed E-state index contributed by atoms with van der Waals surface area (Å²) in [7, 11) is -1.91. The Morgan fingerprint density at radius 3 is 2.38 bits per heavy atom. The maximum Gasteiger partial charge on any atom is 0.405 e. The Balaban J connectivity index is 2.16. The molecule has 0 aromatic carbocycles. The highest BCUT2D eigenvalue weighted by atomic mass is 28.4. The van der Waals surface area contributed by atoms with Gasteiger partial charge >= 0.3 is 6.09 Å². The smallest absolute Gasteiger partial charge is 0.405 e. The molecule has 0 bridgehead atoms. The number of piperidine rings is 1. The molecule has 6 heteroatoms. The fraction of sp³-hybridized carbons (Fsp3) is 0.933. The number of nitrogens with one attached hydrogen (secondary N) is 2. The molecule has 3 N–H and O–H groups in total. The summed E-state index contributed by atoms with van der Waals surface area (Å²) in [6.45, 7) is 12.8. The third-order valence-corrected chi connectivity index (χ3v) is 9.81. The summed E-state index contributed by atoms with van der Waals surface area (Å²) in [6, 6.07) is -0.143. The molecule has 3 atom stereocenters. The minimum atomic E-state index is -1.91. The summed E-state index contributed by atoms with van der Waals surface area (Å²) >= 11 is 0. The van der Waals surface area contributed by atoms with Gasteiger partial charge in [0.25, 0.3) is 0 Å². The molecule has 5 nitrogen and oxygen atoms in total. The quantitative estimate of drug-likeness (QED) is 0.698. The molecular weight excluding hydrogens is 284 g/mol. The van der Waals surface area contributed by atoms with Crippen LogP contribution in [0.1, 0.15) is 33.6 Å². The molecule has 0 radical (unpaired) electrons. The van der Waals surface area contributed by atoms with E-state index in [1.807, 2.05) is 0 Å². The zero-order valence-electron chi connectivity index (χ0n) is 13.9. The molecule has 2 fully saturated rings. The molecule has 1 aliphatic carbocycles. The van der Waals surface area contributed by atoms with Gasteiger partial charge in [-0.05, 0) is 36.9 Å². The molecule has 122 valence electrons. The van der Waals surface area contributed by atoms with Crippen LogP contribution in [-0.2, 0) is 4.43 Å². The molecule has 0 spiro atoms. The lowest BCUT2D eigenvalue weighted by Gasteiger charge is -2.46. The molecule has 21 heavy (non-hydrogen) atoms. The second-order valence-corrected chi connectivity index (χ2v) is 12.8. The van der Waals surface area contributed by atoms with Crippen molar-refractivity contribution in [2.24, 2.45) is 11.8 Å². The lowest BCUT2D eigenvalue weighted by Crippen LogP contribution is -2.62. The standard InChI is InChI=1S/C15H30N2O3Si/c1-15(2,3)21(4,5)20-13-11(10-6-7-10)8-16-9-12(13)17-14(18)19/h10-13,16-17H,6-9H2,1-5H3,(H,18,19)/t11-,12-,13+/m1/s1. The Kier molecular flexibility index (Phi) is 4.71. The van der Waals surface area contributed by atoms with Crippen LogP contribution in [0.4, 0.5) is 4.79 Å². The largest absolute Gasteiger partial charge is 0.465 e. The first-order valence-electron chi connectivity index (χ1n) is 8.00. The number of carbonyl (C=O) groups is 1. The van der Waals surface area contributed by atoms with Crippen molar-refractivity contribution in [2.45, 2.75) is 63.9 Å². The summed E-state index contributed by atoms with van der Waals surface area (Å²) in [5, 5.41) is 15.3. The minimum absolute atomic E-state index is 0.00995. The van der Waals surface area contributed by atoms with Crippen LogP contribution in [0, 0.1) is 11.8 Å². The fourth-order valence-corrected chi connectivity index (χ4v) is 4.25. The normalized spacial score (nSPS) is 31.0. The average molecular weight is 315 g/mol. The summed E-state index contributed by atoms with van der Waals surface area (Å²) in [5.74, 6) is 1.13. The van der Waals surface area contributed by atoms with E-state index in [9.17, 15) is 4.79 Å². The highest BCUT2D eigenvalue weighted by Gasteiger charge is 2.48. The van der Waals surface area contributed by atoms with Crippen molar-refractivity contribution < 1.29 is 14.3 Å². The van der Waals surface area contributed by atoms with Gasteiger partial charge in [0.2, 0.25) is 0 Å². The van der Waals surface area contributed by atoms with Gasteiger partial charge in [-0.25, -0.2) is 4.79 Å². The maximum absolute atomic E-state index is 11.1. The number of amides is 1. The van der Waals surface area contributed by atoms with Crippen molar-refractivity contribution in [1.82, 2.24) is 10.6 Å². The lowest BCUT2D eigenvalue weighted by atomic mass is 9.88. The van der Waals surface area contributed by atoms with Gasteiger partial charge < -0.3 is 20.2 Å². The predicted molar refractivity (Wildman–Crippen MR) is 86.1 cm³/mol. The van der Waals surface area contributed by atoms with Gasteiger partial charge in [-0.15, -0.1) is 0 Å². The van der Waals surface area contributed by atoms with Gasteiger partial charge in [0, 0.05) is 19.0 Å². The van der Waals surface area contributed by atoms with Crippen molar-refractivity contribution in [1.29, 1.82) is 0 Å². The minimum Gasteiger partial charge on any atom is -0.465 e. The van der Waals surface area contributed by atoms with Gasteiger partial charge in [0.1, 0.15) is 0 Å². The average Bonchev–Trinajstić information content (AvgIpc) is 3.12. The molecule has 2 rings (SSSR count). The second kappa shape index (κ2) is 5.89. The summed E-state index contributed by atoms with van der Waals surface area (Å²) in [6.07, 6.45) is 1.56. The van der Waals surface area contributed by atoms with Gasteiger partial charge in [-0.2, -0.15) is 0 Å². The zero-order valence-corrected chi connectivity index (χ0v) is 14.9. The monoisotopic (exact) mass is 314 g/mol. The van der Waals surface area contributed by atoms with E-state index >= 15 is 0 Å². The third-order valence-electron chi connectivity index (χ3n) is 5.34. The van der Waals surface area contributed by atoms with Crippen LogP contribution in [0.5, 0.6) is 0 Å². The molecular formula is C15H30N2O3Si. The van der Waals surface area contributed by atoms with E-state index in [1.165, 1.54) is 12.8 Å². The Bertz CT molecular complexity index is 391. The fourth-order valence-electron chi connectivity index (χ4n) is 2.87. The van der Waals surface area contributed by atoms with E-state index in [0.29, 0.717) is 18.4 Å². The SMILES string of the molecule is CC(C)(C)[Si](C)(C)O[C@H]1[C@@H](C2CC2)CNC[C@H]1NC(=O)O. The van der Waals surface area contributed by atoms with E-state index < -0.39 is 14.4 Å². The Hall–Kier alpha value is -0.593. The number of hydrogen-bond acceptors (Lipinski definition) is 3. The lowest BCUT2D eigenvalue weighted by molar-refractivity contribution is 0.0464. The number of carboxylic acid groups (broad SMARTS) is 1. The van der Waals surface area contributed by atoms with E-state index in [-0.39, 0.29) is 17.2 Å². The van der Waals surface area contributed by atoms with Crippen LogP contribution in [0.25, 0.3) is 0 Å². The van der Waals surface area contributed by atoms with Crippen molar-refractivity contribution >= 4 is 14.4 Å². The molecule has 0 aromatic rings. The van der Waals surface area contributed by atoms with Gasteiger partial charge in [-0.3, -0.25) is 0 Å². The topological polar surface area (TPSA) is 70.6 Å². The van der Waals surface area contributed by atoms with Crippen molar-refractivity contribution in [3.8, 4) is 0 Å². The van der Waals surface area contributed by atoms with Crippen LogP contribution in [0.2, 0.25) is 18.1 Å². The predicted octanol–water partition coefficient (Wildman–Crippen LogP) is 2.64. The molecule has 1 saturated heterocycles. The van der Waals surface area contributed by atoms with E-state index in [4.69, 9.17) is 9.53 Å². The molecule has 0 aromatic heterocycles. The van der Waals surface area contributed by atoms with Crippen LogP contribution in [0.3, 0.4) is 0 Å². The van der Waals surface area contributed by atoms with E-state index in [1.54, 1.807) is 0 Å². The molecule has 1 amide bonds. The zero-order chi connectivity index (χ0) is 15.8. The number of hydrogen-bond donors (Lipinski definition) is 3. The van der Waals surface area contributed by atoms with Crippen molar-refractivity contribution in [2.75, 3.05) is 13.1 Å². The maximum atomic E-state index is 11.1. The summed E-state index contributed by atoms with van der Waals surface area (Å²) < 4.78 is 6.64. The summed E-state index contributed by atoms with van der Waals surface area (Å²) in [5.41, 5.74) is 0. The molecule has 1 aliphatic heterocycles. The van der Waals surface area contributed by atoms with Crippen molar-refractivity contribution in [3.63, 3.8) is 0 Å². The first-order valence-corrected chi connectivity index (χ1v) is 10.9. The first kappa shape index (κ1) is 16.8. The molecule has 0 unspecified atom stereocenters. The Labute approximate surface area is 129 Å². The highest BCUT2D eigenvalue weighted by Crippen LogP contribution is 2.44. The Morgan fingerprint density at radius 2 is 1.90 bits per heavy atom. The van der Waals surface area contributed by atoms with Crippen LogP contribution in [-0.4, -0.2) is 44.8 Å². The van der Waals surface area contributed by atoms with Crippen molar-refractivity contribution in [3.05, 3.63) is 0 Å². The van der Waals surface area contributed by atoms with Gasteiger partial charge in [0.15, 0.2) is 8.32 Å². The van der Waals surface area contributed by atoms with Gasteiger partial charge in [0.05, 0.1) is 12.1 Å². The summed E-state index contributed by atoms with van der Waals surface area (Å²) in [4.78, 5) is 11.1. The third kappa shape index (κ3) is 3.99. The van der Waals surface area contributed by atoms with E-state index in [2.05, 4.69) is 44.5 Å². The van der Waals surface area contributed by atoms with E-state index in [0.717, 1.165) is 6.54 Å². The molecule has 2 aliphatic rings. The van der Waals surface area contributed by atoms with Crippen LogP contribution < -0.4 is 10.6 Å². The number of rotatable bonds is 4. The molecule has 1 heterocycles. The molecule has 1 saturated carbocycles. The second-order valence-electron chi connectivity index (χ2n) is 8.06. The van der Waals surface area contributed by atoms with Crippen LogP contribution >= 0.6 is 0 Å².